The van der Waals surface area contributed by atoms with Crippen LogP contribution >= 0.6 is 11.6 Å². The van der Waals surface area contributed by atoms with Gasteiger partial charge >= 0.3 is 5.69 Å². The molecule has 0 aliphatic carbocycles. The minimum atomic E-state index is -0.405. The fraction of sp³-hybridized carbons (Fsp3) is 0.458. The average molecular weight is 500 g/mol. The molecule has 10 nitrogen and oxygen atoms in total. The van der Waals surface area contributed by atoms with Crippen LogP contribution in [0.5, 0.6) is 0 Å². The molecule has 4 rings (SSSR count). The molecule has 35 heavy (non-hydrogen) atoms. The van der Waals surface area contributed by atoms with Gasteiger partial charge in [-0.05, 0) is 55.1 Å². The Labute approximate surface area is 207 Å². The van der Waals surface area contributed by atoms with E-state index in [9.17, 15) is 9.59 Å². The van der Waals surface area contributed by atoms with Crippen molar-refractivity contribution in [3.8, 4) is 11.4 Å². The normalized spacial score (nSPS) is 11.4. The number of benzene rings is 1. The van der Waals surface area contributed by atoms with Crippen molar-refractivity contribution in [3.63, 3.8) is 0 Å². The fourth-order valence-corrected chi connectivity index (χ4v) is 4.16. The monoisotopic (exact) mass is 499 g/mol. The molecule has 3 heterocycles. The van der Waals surface area contributed by atoms with Gasteiger partial charge in [0, 0.05) is 44.9 Å². The van der Waals surface area contributed by atoms with E-state index in [-0.39, 0.29) is 23.0 Å². The van der Waals surface area contributed by atoms with Gasteiger partial charge in [-0.3, -0.25) is 13.9 Å². The molecule has 0 bridgehead atoms. The Hall–Kier alpha value is -3.40. The lowest BCUT2D eigenvalue weighted by Crippen LogP contribution is -2.40. The van der Waals surface area contributed by atoms with E-state index in [2.05, 4.69) is 27.0 Å². The number of anilines is 1. The molecule has 0 saturated heterocycles. The molecule has 0 fully saturated rings. The molecule has 3 aromatic heterocycles. The number of rotatable bonds is 11. The third-order valence-electron chi connectivity index (χ3n) is 5.95. The third-order valence-corrected chi connectivity index (χ3v) is 6.13. The Bertz CT molecular complexity index is 1400. The van der Waals surface area contributed by atoms with Crippen LogP contribution in [0, 0.1) is 0 Å². The van der Waals surface area contributed by atoms with Gasteiger partial charge in [0.1, 0.15) is 0 Å². The molecular weight excluding hydrogens is 470 g/mol. The number of hydrogen-bond acceptors (Lipinski definition) is 7. The number of nitrogens with zero attached hydrogens (tertiary/aromatic N) is 6. The zero-order valence-corrected chi connectivity index (χ0v) is 21.0. The number of aromatic amines is 1. The van der Waals surface area contributed by atoms with Gasteiger partial charge in [0.2, 0.25) is 17.0 Å². The molecule has 0 atom stereocenters. The topological polar surface area (TPSA) is 115 Å². The predicted molar refractivity (Wildman–Crippen MR) is 136 cm³/mol. The van der Waals surface area contributed by atoms with Gasteiger partial charge in [-0.1, -0.05) is 24.9 Å². The van der Waals surface area contributed by atoms with Crippen molar-refractivity contribution < 1.29 is 4.52 Å². The first-order valence-corrected chi connectivity index (χ1v) is 12.3. The maximum atomic E-state index is 13.1. The molecule has 11 heteroatoms. The maximum absolute atomic E-state index is 13.1. The Morgan fingerprint density at radius 2 is 1.71 bits per heavy atom. The van der Waals surface area contributed by atoms with Crippen LogP contribution < -0.4 is 16.1 Å². The molecule has 0 amide bonds. The molecule has 0 aliphatic rings. The van der Waals surface area contributed by atoms with Crippen LogP contribution in [0.1, 0.15) is 44.9 Å². The number of hydrogen-bond donors (Lipinski definition) is 1. The van der Waals surface area contributed by atoms with Gasteiger partial charge in [0.15, 0.2) is 11.2 Å². The minimum Gasteiger partial charge on any atom is -0.378 e. The summed E-state index contributed by atoms with van der Waals surface area (Å²) < 4.78 is 8.20. The summed E-state index contributed by atoms with van der Waals surface area (Å²) in [5.74, 6) is 1.06. The Morgan fingerprint density at radius 1 is 1.00 bits per heavy atom. The van der Waals surface area contributed by atoms with Crippen LogP contribution in [0.15, 0.2) is 38.4 Å². The summed E-state index contributed by atoms with van der Waals surface area (Å²) in [5.41, 5.74) is 1.78. The van der Waals surface area contributed by atoms with Gasteiger partial charge in [0.25, 0.3) is 5.56 Å². The predicted octanol–water partition coefficient (Wildman–Crippen LogP) is 3.87. The smallest absolute Gasteiger partial charge is 0.332 e. The largest absolute Gasteiger partial charge is 0.378 e. The second-order valence-electron chi connectivity index (χ2n) is 8.73. The first-order valence-electron chi connectivity index (χ1n) is 11.9. The van der Waals surface area contributed by atoms with E-state index in [0.29, 0.717) is 43.2 Å². The number of aryl methyl sites for hydroxylation is 2. The Balaban J connectivity index is 1.42. The van der Waals surface area contributed by atoms with E-state index >= 15 is 0 Å². The Kier molecular flexibility index (Phi) is 7.70. The molecule has 0 spiro atoms. The molecule has 0 unspecified atom stereocenters. The molecule has 1 N–H and O–H groups in total. The lowest BCUT2D eigenvalue weighted by Gasteiger charge is -2.11. The van der Waals surface area contributed by atoms with E-state index in [1.54, 1.807) is 4.57 Å². The van der Waals surface area contributed by atoms with E-state index in [1.165, 1.54) is 4.57 Å². The van der Waals surface area contributed by atoms with Crippen LogP contribution in [-0.4, -0.2) is 43.3 Å². The SMILES string of the molecule is CCCCCn1c(=O)n(CCCCc2nc(-c3ccc(N(C)C)cc3)no2)c(=O)c2[nH]c(Cl)nc21. The Morgan fingerprint density at radius 3 is 2.43 bits per heavy atom. The summed E-state index contributed by atoms with van der Waals surface area (Å²) in [6.07, 6.45) is 4.68. The van der Waals surface area contributed by atoms with Crippen molar-refractivity contribution in [2.45, 2.75) is 58.5 Å². The summed E-state index contributed by atoms with van der Waals surface area (Å²) in [6, 6.07) is 7.92. The number of aromatic nitrogens is 6. The number of imidazole rings is 1. The summed E-state index contributed by atoms with van der Waals surface area (Å²) in [4.78, 5) is 39.5. The van der Waals surface area contributed by atoms with E-state index in [0.717, 1.165) is 30.5 Å². The molecule has 0 aliphatic heterocycles. The highest BCUT2D eigenvalue weighted by atomic mass is 35.5. The first kappa shape index (κ1) is 24.7. The highest BCUT2D eigenvalue weighted by Crippen LogP contribution is 2.20. The third kappa shape index (κ3) is 5.48. The molecule has 0 radical (unpaired) electrons. The van der Waals surface area contributed by atoms with E-state index < -0.39 is 5.56 Å². The first-order chi connectivity index (χ1) is 16.9. The summed E-state index contributed by atoms with van der Waals surface area (Å²) >= 11 is 6.00. The highest BCUT2D eigenvalue weighted by molar-refractivity contribution is 6.28. The second kappa shape index (κ2) is 10.9. The standard InChI is InChI=1S/C24H30ClN7O3/c1-4-5-7-14-31-21-19(27-23(25)28-21)22(33)32(24(31)34)15-8-6-9-18-26-20(29-35-18)16-10-12-17(13-11-16)30(2)3/h10-13H,4-9,14-15H2,1-3H3,(H,27,28). The van der Waals surface area contributed by atoms with Crippen molar-refractivity contribution in [2.24, 2.45) is 0 Å². The van der Waals surface area contributed by atoms with Crippen LogP contribution in [0.3, 0.4) is 0 Å². The van der Waals surface area contributed by atoms with E-state index in [1.807, 2.05) is 43.3 Å². The van der Waals surface area contributed by atoms with E-state index in [4.69, 9.17) is 16.1 Å². The molecule has 4 aromatic rings. The lowest BCUT2D eigenvalue weighted by atomic mass is 10.2. The maximum Gasteiger partial charge on any atom is 0.332 e. The molecule has 0 saturated carbocycles. The van der Waals surface area contributed by atoms with Gasteiger partial charge in [-0.25, -0.2) is 4.79 Å². The van der Waals surface area contributed by atoms with Crippen LogP contribution in [0.2, 0.25) is 5.28 Å². The average Bonchev–Trinajstić information content (AvgIpc) is 3.47. The van der Waals surface area contributed by atoms with Crippen molar-refractivity contribution >= 4 is 28.5 Å². The van der Waals surface area contributed by atoms with Gasteiger partial charge in [0.05, 0.1) is 0 Å². The zero-order chi connectivity index (χ0) is 24.9. The minimum absolute atomic E-state index is 0.0991. The van der Waals surface area contributed by atoms with Crippen LogP contribution in [0.25, 0.3) is 22.6 Å². The van der Waals surface area contributed by atoms with Gasteiger partial charge < -0.3 is 14.4 Å². The van der Waals surface area contributed by atoms with Crippen molar-refractivity contribution in [3.05, 3.63) is 56.3 Å². The van der Waals surface area contributed by atoms with Crippen molar-refractivity contribution in [1.82, 2.24) is 29.2 Å². The zero-order valence-electron chi connectivity index (χ0n) is 20.3. The van der Waals surface area contributed by atoms with Gasteiger partial charge in [-0.15, -0.1) is 0 Å². The van der Waals surface area contributed by atoms with Crippen molar-refractivity contribution in [2.75, 3.05) is 19.0 Å². The molecule has 1 aromatic carbocycles. The molecule has 186 valence electrons. The van der Waals surface area contributed by atoms with Crippen LogP contribution in [0.4, 0.5) is 5.69 Å². The summed E-state index contributed by atoms with van der Waals surface area (Å²) in [5, 5.41) is 4.18. The quantitative estimate of drug-likeness (QED) is 0.246. The second-order valence-corrected chi connectivity index (χ2v) is 9.09. The number of H-pyrrole nitrogens is 1. The lowest BCUT2D eigenvalue weighted by molar-refractivity contribution is 0.372. The number of fused-ring (bicyclic) bond motifs is 1. The number of halogens is 1. The highest BCUT2D eigenvalue weighted by Gasteiger charge is 2.17. The number of unbranched alkanes of at least 4 members (excludes halogenated alkanes) is 3. The fourth-order valence-electron chi connectivity index (χ4n) is 3.99. The summed E-state index contributed by atoms with van der Waals surface area (Å²) in [7, 11) is 3.97. The number of nitrogens with one attached hydrogen (secondary N) is 1. The van der Waals surface area contributed by atoms with Crippen molar-refractivity contribution in [1.29, 1.82) is 0 Å². The van der Waals surface area contributed by atoms with Crippen LogP contribution in [-0.2, 0) is 19.5 Å². The molecular formula is C24H30ClN7O3. The van der Waals surface area contributed by atoms with Gasteiger partial charge in [-0.2, -0.15) is 9.97 Å². The summed E-state index contributed by atoms with van der Waals surface area (Å²) in [6.45, 7) is 2.87.